The van der Waals surface area contributed by atoms with Crippen LogP contribution in [0.15, 0.2) is 23.3 Å². The molecule has 0 aliphatic rings. The second-order valence-corrected chi connectivity index (χ2v) is 5.86. The number of nitro groups is 2. The number of unbranched alkanes of at least 4 members (excludes halogenated alkanes) is 2. The lowest BCUT2D eigenvalue weighted by Crippen LogP contribution is -2.39. The van der Waals surface area contributed by atoms with Crippen LogP contribution in [-0.2, 0) is 4.74 Å². The number of anilines is 1. The molecular formula is C16H24N4O7. The fourth-order valence-corrected chi connectivity index (χ4v) is 2.34. The maximum Gasteiger partial charge on any atom is 0.301 e. The second kappa shape index (κ2) is 11.2. The van der Waals surface area contributed by atoms with Crippen LogP contribution in [0.25, 0.3) is 0 Å². The highest BCUT2D eigenvalue weighted by molar-refractivity contribution is 5.69. The third kappa shape index (κ3) is 6.89. The number of ether oxygens (including phenoxy) is 1. The molecule has 27 heavy (non-hydrogen) atoms. The van der Waals surface area contributed by atoms with E-state index in [1.807, 2.05) is 6.92 Å². The van der Waals surface area contributed by atoms with Crippen LogP contribution in [-0.4, -0.2) is 51.7 Å². The summed E-state index contributed by atoms with van der Waals surface area (Å²) in [6.45, 7) is 2.02. The highest BCUT2D eigenvalue weighted by Crippen LogP contribution is 2.28. The number of nitrogens with zero attached hydrogens (tertiary/aromatic N) is 3. The highest BCUT2D eigenvalue weighted by atomic mass is 16.6. The summed E-state index contributed by atoms with van der Waals surface area (Å²) in [7, 11) is 1.33. The van der Waals surface area contributed by atoms with Crippen LogP contribution in [0.4, 0.5) is 17.1 Å². The van der Waals surface area contributed by atoms with Gasteiger partial charge in [0.25, 0.3) is 5.69 Å². The first-order valence-corrected chi connectivity index (χ1v) is 8.42. The molecule has 0 heterocycles. The summed E-state index contributed by atoms with van der Waals surface area (Å²) in [6, 6.07) is 3.08. The molecule has 0 aliphatic heterocycles. The Morgan fingerprint density at radius 1 is 1.26 bits per heavy atom. The standard InChI is InChI=1S/C16H24N4O7/c1-3-4-5-6-14(21)16(22)15(27-2)10-17-18-12-8-7-11(19(23)24)9-13(12)20(25)26/h7-10,14-16,18,21-22H,3-6H2,1-2H3/b17-10+. The number of benzene rings is 1. The molecule has 150 valence electrons. The van der Waals surface area contributed by atoms with Gasteiger partial charge in [-0.1, -0.05) is 26.2 Å². The molecule has 3 atom stereocenters. The number of methoxy groups -OCH3 is 1. The van der Waals surface area contributed by atoms with E-state index in [0.29, 0.717) is 6.42 Å². The fraction of sp³-hybridized carbons (Fsp3) is 0.562. The van der Waals surface area contributed by atoms with Crippen molar-refractivity contribution >= 4 is 23.3 Å². The van der Waals surface area contributed by atoms with Gasteiger partial charge in [0.05, 0.1) is 28.2 Å². The monoisotopic (exact) mass is 384 g/mol. The van der Waals surface area contributed by atoms with Gasteiger partial charge in [-0.15, -0.1) is 0 Å². The maximum absolute atomic E-state index is 11.1. The number of hydrogen-bond donors (Lipinski definition) is 3. The molecule has 11 nitrogen and oxygen atoms in total. The molecule has 0 fully saturated rings. The zero-order valence-corrected chi connectivity index (χ0v) is 15.1. The van der Waals surface area contributed by atoms with Crippen LogP contribution >= 0.6 is 0 Å². The van der Waals surface area contributed by atoms with Gasteiger partial charge in [0.2, 0.25) is 0 Å². The first-order chi connectivity index (χ1) is 12.8. The number of nitrogens with one attached hydrogen (secondary N) is 1. The van der Waals surface area contributed by atoms with Crippen molar-refractivity contribution in [2.45, 2.75) is 50.9 Å². The molecule has 1 aromatic rings. The first-order valence-electron chi connectivity index (χ1n) is 8.42. The summed E-state index contributed by atoms with van der Waals surface area (Å²) in [4.78, 5) is 20.3. The first kappa shape index (κ1) is 22.4. The molecule has 0 bridgehead atoms. The lowest BCUT2D eigenvalue weighted by Gasteiger charge is -2.22. The fourth-order valence-electron chi connectivity index (χ4n) is 2.34. The van der Waals surface area contributed by atoms with E-state index >= 15 is 0 Å². The SMILES string of the molecule is CCCCCC(O)C(O)C(/C=N/Nc1ccc([N+](=O)[O-])cc1[N+](=O)[O-])OC. The third-order valence-electron chi connectivity index (χ3n) is 3.90. The number of aliphatic hydroxyl groups excluding tert-OH is 2. The Bertz CT molecular complexity index is 668. The number of non-ortho nitro benzene ring substituents is 1. The molecule has 0 aromatic heterocycles. The van der Waals surface area contributed by atoms with E-state index in [-0.39, 0.29) is 5.69 Å². The molecule has 0 aliphatic carbocycles. The Morgan fingerprint density at radius 2 is 1.96 bits per heavy atom. The van der Waals surface area contributed by atoms with Crippen molar-refractivity contribution < 1.29 is 24.8 Å². The molecule has 3 unspecified atom stereocenters. The molecule has 0 spiro atoms. The van der Waals surface area contributed by atoms with E-state index in [2.05, 4.69) is 10.5 Å². The average molecular weight is 384 g/mol. The Balaban J connectivity index is 2.80. The minimum absolute atomic E-state index is 0.0605. The maximum atomic E-state index is 11.1. The molecule has 1 aromatic carbocycles. The van der Waals surface area contributed by atoms with E-state index in [1.165, 1.54) is 13.3 Å². The minimum Gasteiger partial charge on any atom is -0.390 e. The Morgan fingerprint density at radius 3 is 2.52 bits per heavy atom. The average Bonchev–Trinajstić information content (AvgIpc) is 2.64. The molecule has 3 N–H and O–H groups in total. The van der Waals surface area contributed by atoms with Crippen LogP contribution in [0.5, 0.6) is 0 Å². The lowest BCUT2D eigenvalue weighted by atomic mass is 10.0. The summed E-state index contributed by atoms with van der Waals surface area (Å²) in [5.41, 5.74) is 1.41. The number of rotatable bonds is 12. The molecule has 0 amide bonds. The summed E-state index contributed by atoms with van der Waals surface area (Å²) in [5.74, 6) is 0. The topological polar surface area (TPSA) is 160 Å². The van der Waals surface area contributed by atoms with Gasteiger partial charge in [0.15, 0.2) is 0 Å². The van der Waals surface area contributed by atoms with Crippen molar-refractivity contribution in [2.24, 2.45) is 5.10 Å². The minimum atomic E-state index is -1.22. The normalized spacial score (nSPS) is 14.7. The molecule has 11 heteroatoms. The van der Waals surface area contributed by atoms with Gasteiger partial charge in [-0.3, -0.25) is 25.7 Å². The predicted molar refractivity (Wildman–Crippen MR) is 98.8 cm³/mol. The van der Waals surface area contributed by atoms with Gasteiger partial charge in [-0.25, -0.2) is 0 Å². The van der Waals surface area contributed by atoms with Crippen molar-refractivity contribution in [3.63, 3.8) is 0 Å². The van der Waals surface area contributed by atoms with Crippen molar-refractivity contribution in [1.82, 2.24) is 0 Å². The van der Waals surface area contributed by atoms with Crippen molar-refractivity contribution in [3.05, 3.63) is 38.4 Å². The number of hydrogen-bond acceptors (Lipinski definition) is 9. The van der Waals surface area contributed by atoms with Crippen LogP contribution in [0, 0.1) is 20.2 Å². The molecule has 0 saturated heterocycles. The van der Waals surface area contributed by atoms with Gasteiger partial charge >= 0.3 is 5.69 Å². The zero-order valence-electron chi connectivity index (χ0n) is 15.1. The summed E-state index contributed by atoms with van der Waals surface area (Å²) < 4.78 is 5.08. The lowest BCUT2D eigenvalue weighted by molar-refractivity contribution is -0.393. The predicted octanol–water partition coefficient (Wildman–Crippen LogP) is 2.22. The summed E-state index contributed by atoms with van der Waals surface area (Å²) in [6.07, 6.45) is 1.09. The number of nitro benzene ring substituents is 2. The molecular weight excluding hydrogens is 360 g/mol. The van der Waals surface area contributed by atoms with E-state index in [4.69, 9.17) is 4.74 Å². The van der Waals surface area contributed by atoms with Gasteiger partial charge in [-0.2, -0.15) is 5.10 Å². The smallest absolute Gasteiger partial charge is 0.301 e. The van der Waals surface area contributed by atoms with Gasteiger partial charge in [-0.05, 0) is 12.5 Å². The second-order valence-electron chi connectivity index (χ2n) is 5.86. The van der Waals surface area contributed by atoms with Crippen LogP contribution < -0.4 is 5.43 Å². The van der Waals surface area contributed by atoms with E-state index in [1.54, 1.807) is 0 Å². The number of hydrazone groups is 1. The zero-order chi connectivity index (χ0) is 20.4. The summed E-state index contributed by atoms with van der Waals surface area (Å²) in [5, 5.41) is 45.7. The Hall–Kier alpha value is -2.63. The van der Waals surface area contributed by atoms with Crippen LogP contribution in [0.2, 0.25) is 0 Å². The molecule has 0 radical (unpaired) electrons. The molecule has 1 rings (SSSR count). The third-order valence-corrected chi connectivity index (χ3v) is 3.90. The molecule has 0 saturated carbocycles. The quantitative estimate of drug-likeness (QED) is 0.214. The number of aliphatic hydroxyl groups is 2. The van der Waals surface area contributed by atoms with Crippen molar-refractivity contribution in [1.29, 1.82) is 0 Å². The van der Waals surface area contributed by atoms with E-state index < -0.39 is 39.5 Å². The Kier molecular flexibility index (Phi) is 9.26. The van der Waals surface area contributed by atoms with E-state index in [9.17, 15) is 30.4 Å². The van der Waals surface area contributed by atoms with Crippen LogP contribution in [0.3, 0.4) is 0 Å². The highest BCUT2D eigenvalue weighted by Gasteiger charge is 2.25. The summed E-state index contributed by atoms with van der Waals surface area (Å²) >= 11 is 0. The Labute approximate surface area is 156 Å². The van der Waals surface area contributed by atoms with Gasteiger partial charge < -0.3 is 14.9 Å². The van der Waals surface area contributed by atoms with Gasteiger partial charge in [0.1, 0.15) is 17.9 Å². The van der Waals surface area contributed by atoms with Crippen LogP contribution in [0.1, 0.15) is 32.6 Å². The van der Waals surface area contributed by atoms with Crippen molar-refractivity contribution in [3.8, 4) is 0 Å². The van der Waals surface area contributed by atoms with Gasteiger partial charge in [0, 0.05) is 13.2 Å². The van der Waals surface area contributed by atoms with Crippen molar-refractivity contribution in [2.75, 3.05) is 12.5 Å². The largest absolute Gasteiger partial charge is 0.390 e. The van der Waals surface area contributed by atoms with E-state index in [0.717, 1.165) is 37.5 Å².